The van der Waals surface area contributed by atoms with Crippen molar-refractivity contribution in [2.24, 2.45) is 0 Å². The van der Waals surface area contributed by atoms with Crippen LogP contribution >= 0.6 is 12.8 Å². The Kier molecular flexibility index (Phi) is 3.66. The zero-order valence-electron chi connectivity index (χ0n) is 7.82. The summed E-state index contributed by atoms with van der Waals surface area (Å²) in [7, 11) is 0. The van der Waals surface area contributed by atoms with E-state index in [2.05, 4.69) is 37.4 Å². The molecule has 1 heterocycles. The normalized spacial score (nSPS) is 10.6. The molecule has 0 aromatic carbocycles. The van der Waals surface area contributed by atoms with Crippen molar-refractivity contribution < 1.29 is 3.97 Å². The summed E-state index contributed by atoms with van der Waals surface area (Å²) in [5, 5.41) is 0. The summed E-state index contributed by atoms with van der Waals surface area (Å²) < 4.78 is 4.15. The number of imidazole rings is 1. The van der Waals surface area contributed by atoms with Crippen LogP contribution in [0.5, 0.6) is 0 Å². The molecule has 12 heavy (non-hydrogen) atoms. The van der Waals surface area contributed by atoms with Gasteiger partial charge in [-0.3, -0.25) is 0 Å². The third-order valence-corrected chi connectivity index (χ3v) is 2.44. The molecule has 2 nitrogen and oxygen atoms in total. The highest BCUT2D eigenvalue weighted by atomic mass is 32.1. The fourth-order valence-corrected chi connectivity index (χ4v) is 1.60. The predicted octanol–water partition coefficient (Wildman–Crippen LogP) is 1.83. The first kappa shape index (κ1) is 9.65. The van der Waals surface area contributed by atoms with E-state index in [1.807, 2.05) is 10.2 Å². The van der Waals surface area contributed by atoms with Crippen LogP contribution in [-0.4, -0.2) is 4.57 Å². The van der Waals surface area contributed by atoms with Crippen molar-refractivity contribution in [3.63, 3.8) is 0 Å². The van der Waals surface area contributed by atoms with Crippen LogP contribution in [0.15, 0.2) is 12.4 Å². The quantitative estimate of drug-likeness (QED) is 0.541. The first-order valence-corrected chi connectivity index (χ1v) is 4.98. The predicted molar refractivity (Wildman–Crippen MR) is 53.3 cm³/mol. The number of aromatic nitrogens is 2. The molecule has 0 saturated carbocycles. The molecular weight excluding hydrogens is 168 g/mol. The van der Waals surface area contributed by atoms with E-state index >= 15 is 0 Å². The van der Waals surface area contributed by atoms with E-state index in [9.17, 15) is 0 Å². The van der Waals surface area contributed by atoms with Crippen LogP contribution in [-0.2, 0) is 13.0 Å². The maximum absolute atomic E-state index is 4.34. The lowest BCUT2D eigenvalue weighted by Gasteiger charge is -1.97. The van der Waals surface area contributed by atoms with Gasteiger partial charge in [-0.15, -0.1) is 0 Å². The molecule has 0 amide bonds. The van der Waals surface area contributed by atoms with Gasteiger partial charge in [0.25, 0.3) is 5.82 Å². The number of rotatable bonds is 4. The van der Waals surface area contributed by atoms with Crippen molar-refractivity contribution in [3.8, 4) is 0 Å². The van der Waals surface area contributed by atoms with Gasteiger partial charge in [-0.2, -0.15) is 3.97 Å². The van der Waals surface area contributed by atoms with Gasteiger partial charge in [0.1, 0.15) is 12.4 Å². The molecule has 0 N–H and O–H groups in total. The van der Waals surface area contributed by atoms with Crippen molar-refractivity contribution in [3.05, 3.63) is 18.2 Å². The van der Waals surface area contributed by atoms with Gasteiger partial charge in [-0.05, 0) is 13.3 Å². The molecule has 1 aromatic heterocycles. The lowest BCUT2D eigenvalue weighted by molar-refractivity contribution is -0.499. The SMILES string of the molecule is CCCCc1n(CC)cc[n+]1S. The van der Waals surface area contributed by atoms with Crippen molar-refractivity contribution in [1.29, 1.82) is 0 Å². The Hall–Kier alpha value is -0.440. The van der Waals surface area contributed by atoms with E-state index in [0.717, 1.165) is 13.0 Å². The molecule has 0 bridgehead atoms. The highest BCUT2D eigenvalue weighted by Gasteiger charge is 2.12. The second-order valence-corrected chi connectivity index (χ2v) is 3.38. The van der Waals surface area contributed by atoms with Crippen LogP contribution in [0.25, 0.3) is 0 Å². The Balaban J connectivity index is 2.72. The molecule has 0 aliphatic rings. The van der Waals surface area contributed by atoms with Gasteiger partial charge < -0.3 is 0 Å². The molecule has 0 aliphatic heterocycles. The van der Waals surface area contributed by atoms with Gasteiger partial charge in [0.05, 0.1) is 13.0 Å². The molecule has 0 unspecified atom stereocenters. The molecule has 0 atom stereocenters. The van der Waals surface area contributed by atoms with Gasteiger partial charge in [0, 0.05) is 12.8 Å². The number of aryl methyl sites for hydroxylation is 1. The lowest BCUT2D eigenvalue weighted by atomic mass is 10.2. The van der Waals surface area contributed by atoms with Gasteiger partial charge in [-0.25, -0.2) is 4.57 Å². The second kappa shape index (κ2) is 4.55. The minimum Gasteiger partial charge on any atom is -0.234 e. The van der Waals surface area contributed by atoms with E-state index in [4.69, 9.17) is 0 Å². The Morgan fingerprint density at radius 2 is 2.25 bits per heavy atom. The Bertz CT molecular complexity index is 243. The largest absolute Gasteiger partial charge is 0.267 e. The summed E-state index contributed by atoms with van der Waals surface area (Å²) in [6.45, 7) is 5.40. The van der Waals surface area contributed by atoms with Crippen LogP contribution in [0.3, 0.4) is 0 Å². The molecule has 0 radical (unpaired) electrons. The van der Waals surface area contributed by atoms with Crippen LogP contribution in [0.2, 0.25) is 0 Å². The Labute approximate surface area is 79.8 Å². The van der Waals surface area contributed by atoms with E-state index < -0.39 is 0 Å². The van der Waals surface area contributed by atoms with Crippen molar-refractivity contribution in [1.82, 2.24) is 4.57 Å². The zero-order valence-corrected chi connectivity index (χ0v) is 8.72. The van der Waals surface area contributed by atoms with Crippen LogP contribution in [0.1, 0.15) is 32.5 Å². The molecule has 68 valence electrons. The minimum atomic E-state index is 1.03. The lowest BCUT2D eigenvalue weighted by Crippen LogP contribution is -2.25. The number of hydrogen-bond acceptors (Lipinski definition) is 1. The fraction of sp³-hybridized carbons (Fsp3) is 0.667. The average Bonchev–Trinajstić information content (AvgIpc) is 2.43. The van der Waals surface area contributed by atoms with E-state index in [0.29, 0.717) is 0 Å². The highest BCUT2D eigenvalue weighted by Crippen LogP contribution is 2.02. The monoisotopic (exact) mass is 185 g/mol. The Morgan fingerprint density at radius 3 is 2.83 bits per heavy atom. The molecule has 0 fully saturated rings. The van der Waals surface area contributed by atoms with Gasteiger partial charge in [0.15, 0.2) is 0 Å². The molecule has 1 rings (SSSR count). The smallest absolute Gasteiger partial charge is 0.234 e. The Morgan fingerprint density at radius 1 is 1.50 bits per heavy atom. The van der Waals surface area contributed by atoms with Gasteiger partial charge >= 0.3 is 0 Å². The van der Waals surface area contributed by atoms with Crippen molar-refractivity contribution >= 4 is 12.8 Å². The van der Waals surface area contributed by atoms with E-state index in [1.54, 1.807) is 0 Å². The minimum absolute atomic E-state index is 1.03. The molecule has 0 spiro atoms. The van der Waals surface area contributed by atoms with E-state index in [1.165, 1.54) is 18.7 Å². The van der Waals surface area contributed by atoms with Crippen LogP contribution in [0.4, 0.5) is 0 Å². The third kappa shape index (κ3) is 2.03. The summed E-state index contributed by atoms with van der Waals surface area (Å²) in [5.41, 5.74) is 0. The van der Waals surface area contributed by atoms with Crippen molar-refractivity contribution in [2.75, 3.05) is 0 Å². The second-order valence-electron chi connectivity index (χ2n) is 2.95. The standard InChI is InChI=1S/C9H17N2S/c1-3-5-6-9-10(4-2)7-8-11(9)12/h7-8,12H,3-6H2,1-2H3/q+1. The molecule has 3 heteroatoms. The summed E-state index contributed by atoms with van der Waals surface area (Å²) in [4.78, 5) is 0. The summed E-state index contributed by atoms with van der Waals surface area (Å²) in [5.74, 6) is 1.31. The average molecular weight is 185 g/mol. The highest BCUT2D eigenvalue weighted by molar-refractivity contribution is 7.73. The topological polar surface area (TPSA) is 8.81 Å². The molecular formula is C9H17N2S+. The molecule has 1 aromatic rings. The fourth-order valence-electron chi connectivity index (χ4n) is 1.33. The summed E-state index contributed by atoms with van der Waals surface area (Å²) in [6, 6.07) is 0. The number of hydrogen-bond donors (Lipinski definition) is 1. The maximum atomic E-state index is 4.34. The van der Waals surface area contributed by atoms with Gasteiger partial charge in [0.2, 0.25) is 0 Å². The van der Waals surface area contributed by atoms with E-state index in [-0.39, 0.29) is 0 Å². The third-order valence-electron chi connectivity index (χ3n) is 2.08. The van der Waals surface area contributed by atoms with Crippen LogP contribution < -0.4 is 3.97 Å². The maximum Gasteiger partial charge on any atom is 0.267 e. The summed E-state index contributed by atoms with van der Waals surface area (Å²) >= 11 is 4.34. The first-order valence-electron chi connectivity index (χ1n) is 4.58. The molecule has 0 saturated heterocycles. The molecule has 0 aliphatic carbocycles. The van der Waals surface area contributed by atoms with Gasteiger partial charge in [-0.1, -0.05) is 13.3 Å². The van der Waals surface area contributed by atoms with Crippen molar-refractivity contribution in [2.45, 2.75) is 39.7 Å². The number of thiol groups is 1. The number of unbranched alkanes of at least 4 members (excludes halogenated alkanes) is 1. The van der Waals surface area contributed by atoms with Crippen LogP contribution in [0, 0.1) is 0 Å². The first-order chi connectivity index (χ1) is 5.79. The number of nitrogens with zero attached hydrogens (tertiary/aromatic N) is 2. The zero-order chi connectivity index (χ0) is 8.97. The summed E-state index contributed by atoms with van der Waals surface area (Å²) in [6.07, 6.45) is 7.68.